The molecular formula is C17H30FIN2. The average Bonchev–Trinajstić information content (AvgIpc) is 2.34. The molecule has 0 aromatic carbocycles. The number of rotatable bonds is 6. The summed E-state index contributed by atoms with van der Waals surface area (Å²) in [5.74, 6) is 0.872. The molecule has 0 aliphatic heterocycles. The van der Waals surface area contributed by atoms with Crippen molar-refractivity contribution < 1.29 is 4.39 Å². The first-order valence-corrected chi connectivity index (χ1v) is 8.87. The third kappa shape index (κ3) is 4.76. The quantitative estimate of drug-likeness (QED) is 0.497. The van der Waals surface area contributed by atoms with Gasteiger partial charge in [0.25, 0.3) is 0 Å². The van der Waals surface area contributed by atoms with Gasteiger partial charge in [0.05, 0.1) is 6.17 Å². The molecule has 0 saturated carbocycles. The van der Waals surface area contributed by atoms with Crippen LogP contribution in [0.3, 0.4) is 0 Å². The molecule has 0 saturated heterocycles. The normalized spacial score (nSPS) is 22.0. The van der Waals surface area contributed by atoms with E-state index in [1.807, 2.05) is 7.05 Å². The molecule has 2 unspecified atom stereocenters. The lowest BCUT2D eigenvalue weighted by molar-refractivity contribution is 0.253. The number of nitrogens with one attached hydrogen (secondary N) is 2. The zero-order chi connectivity index (χ0) is 16.4. The highest BCUT2D eigenvalue weighted by Crippen LogP contribution is 2.38. The van der Waals surface area contributed by atoms with E-state index in [1.165, 1.54) is 5.57 Å². The lowest BCUT2D eigenvalue weighted by atomic mass is 9.81. The molecule has 0 radical (unpaired) electrons. The van der Waals surface area contributed by atoms with Crippen LogP contribution in [-0.2, 0) is 0 Å². The first-order valence-electron chi connectivity index (χ1n) is 7.79. The molecule has 4 heteroatoms. The second kappa shape index (κ2) is 7.55. The van der Waals surface area contributed by atoms with Gasteiger partial charge in [0.2, 0.25) is 0 Å². The predicted octanol–water partition coefficient (Wildman–Crippen LogP) is 4.57. The Morgan fingerprint density at radius 2 is 1.86 bits per heavy atom. The van der Waals surface area contributed by atoms with Gasteiger partial charge in [-0.3, -0.25) is 5.32 Å². The van der Waals surface area contributed by atoms with E-state index in [2.05, 4.69) is 80.8 Å². The van der Waals surface area contributed by atoms with Crippen molar-refractivity contribution in [1.82, 2.24) is 10.6 Å². The van der Waals surface area contributed by atoms with Gasteiger partial charge in [0.15, 0.2) is 0 Å². The minimum Gasteiger partial charge on any atom is -0.305 e. The molecule has 0 aromatic heterocycles. The smallest absolute Gasteiger partial charge is 0.128 e. The Bertz CT molecular complexity index is 425. The molecular weight excluding hydrogens is 378 g/mol. The fraction of sp³-hybridized carbons (Fsp3) is 0.765. The van der Waals surface area contributed by atoms with Gasteiger partial charge in [-0.15, -0.1) is 0 Å². The molecule has 2 nitrogen and oxygen atoms in total. The zero-order valence-corrected chi connectivity index (χ0v) is 16.5. The molecule has 1 aliphatic carbocycles. The minimum absolute atomic E-state index is 0.167. The third-order valence-electron chi connectivity index (χ3n) is 4.16. The molecule has 2 N–H and O–H groups in total. The summed E-state index contributed by atoms with van der Waals surface area (Å²) in [5.41, 5.74) is 1.78. The Hall–Kier alpha value is 0.0600. The van der Waals surface area contributed by atoms with E-state index in [0.29, 0.717) is 18.3 Å². The molecule has 21 heavy (non-hydrogen) atoms. The van der Waals surface area contributed by atoms with Crippen molar-refractivity contribution in [2.45, 2.75) is 65.8 Å². The fourth-order valence-electron chi connectivity index (χ4n) is 2.82. The second-order valence-electron chi connectivity index (χ2n) is 7.07. The molecule has 1 aliphatic rings. The largest absolute Gasteiger partial charge is 0.305 e. The summed E-state index contributed by atoms with van der Waals surface area (Å²) in [5, 5.41) is 6.85. The highest BCUT2D eigenvalue weighted by molar-refractivity contribution is 14.1. The maximum Gasteiger partial charge on any atom is 0.128 e. The van der Waals surface area contributed by atoms with Gasteiger partial charge in [-0.1, -0.05) is 33.8 Å². The monoisotopic (exact) mass is 408 g/mol. The Morgan fingerprint density at radius 3 is 2.29 bits per heavy atom. The summed E-state index contributed by atoms with van der Waals surface area (Å²) in [6.07, 6.45) is 1.87. The summed E-state index contributed by atoms with van der Waals surface area (Å²) in [6, 6.07) is 0. The Kier molecular flexibility index (Phi) is 6.87. The predicted molar refractivity (Wildman–Crippen MR) is 98.4 cm³/mol. The Balaban J connectivity index is 3.08. The van der Waals surface area contributed by atoms with E-state index < -0.39 is 6.17 Å². The van der Waals surface area contributed by atoms with Gasteiger partial charge in [-0.25, -0.2) is 4.39 Å². The molecule has 0 spiro atoms. The Labute approximate surface area is 143 Å². The number of hydrogen-bond donors (Lipinski definition) is 2. The standard InChI is InChI=1S/C17H30FIN2/c1-10(2)12-8-13(14(18)9-15(12)19)17(5,6)21-16(20-7)11(3)4/h8,10-11,14,16,20-21H,9H2,1-7H3. The minimum atomic E-state index is -0.897. The van der Waals surface area contributed by atoms with E-state index in [1.54, 1.807) is 0 Å². The maximum absolute atomic E-state index is 14.6. The highest BCUT2D eigenvalue weighted by atomic mass is 127. The van der Waals surface area contributed by atoms with E-state index in [9.17, 15) is 4.39 Å². The SMILES string of the molecule is CNC(NC(C)(C)C1=CC(C(C)C)=C(I)CC1F)C(C)C. The average molecular weight is 408 g/mol. The third-order valence-corrected chi connectivity index (χ3v) is 5.22. The van der Waals surface area contributed by atoms with Crippen molar-refractivity contribution in [3.05, 3.63) is 20.8 Å². The van der Waals surface area contributed by atoms with Gasteiger partial charge >= 0.3 is 0 Å². The molecule has 0 fully saturated rings. The highest BCUT2D eigenvalue weighted by Gasteiger charge is 2.35. The molecule has 122 valence electrons. The van der Waals surface area contributed by atoms with Crippen LogP contribution in [0.25, 0.3) is 0 Å². The molecule has 2 atom stereocenters. The van der Waals surface area contributed by atoms with E-state index in [0.717, 1.165) is 9.15 Å². The van der Waals surface area contributed by atoms with Crippen LogP contribution in [0.5, 0.6) is 0 Å². The summed E-state index contributed by atoms with van der Waals surface area (Å²) in [6.45, 7) is 12.8. The van der Waals surface area contributed by atoms with Gasteiger partial charge in [-0.05, 0) is 70.0 Å². The van der Waals surface area contributed by atoms with Crippen LogP contribution < -0.4 is 10.6 Å². The summed E-state index contributed by atoms with van der Waals surface area (Å²) < 4.78 is 15.8. The molecule has 1 rings (SSSR count). The van der Waals surface area contributed by atoms with Crippen molar-refractivity contribution in [1.29, 1.82) is 0 Å². The fourth-order valence-corrected chi connectivity index (χ4v) is 3.98. The van der Waals surface area contributed by atoms with Gasteiger partial charge < -0.3 is 5.32 Å². The zero-order valence-electron chi connectivity index (χ0n) is 14.3. The van der Waals surface area contributed by atoms with Crippen LogP contribution in [0.1, 0.15) is 48.0 Å². The number of alkyl halides is 1. The Morgan fingerprint density at radius 1 is 1.29 bits per heavy atom. The second-order valence-corrected chi connectivity index (χ2v) is 8.37. The van der Waals surface area contributed by atoms with Crippen LogP contribution in [0, 0.1) is 11.8 Å². The van der Waals surface area contributed by atoms with E-state index >= 15 is 0 Å². The molecule has 0 aromatic rings. The maximum atomic E-state index is 14.6. The van der Waals surface area contributed by atoms with Crippen LogP contribution in [0.15, 0.2) is 20.8 Å². The van der Waals surface area contributed by atoms with Gasteiger partial charge in [0, 0.05) is 12.0 Å². The van der Waals surface area contributed by atoms with Crippen molar-refractivity contribution >= 4 is 22.6 Å². The number of allylic oxidation sites excluding steroid dienone is 3. The first-order chi connectivity index (χ1) is 9.60. The molecule has 0 bridgehead atoms. The van der Waals surface area contributed by atoms with Crippen LogP contribution in [0.4, 0.5) is 4.39 Å². The lowest BCUT2D eigenvalue weighted by Crippen LogP contribution is -2.56. The number of halogens is 2. The molecule has 0 amide bonds. The van der Waals surface area contributed by atoms with Crippen molar-refractivity contribution in [3.63, 3.8) is 0 Å². The van der Waals surface area contributed by atoms with Crippen molar-refractivity contribution in [3.8, 4) is 0 Å². The van der Waals surface area contributed by atoms with Crippen LogP contribution in [0.2, 0.25) is 0 Å². The topological polar surface area (TPSA) is 24.1 Å². The molecule has 0 heterocycles. The van der Waals surface area contributed by atoms with Crippen molar-refractivity contribution in [2.75, 3.05) is 7.05 Å². The summed E-state index contributed by atoms with van der Waals surface area (Å²) in [7, 11) is 1.94. The van der Waals surface area contributed by atoms with E-state index in [4.69, 9.17) is 0 Å². The first kappa shape index (κ1) is 19.1. The number of hydrogen-bond acceptors (Lipinski definition) is 2. The van der Waals surface area contributed by atoms with Gasteiger partial charge in [0.1, 0.15) is 6.17 Å². The van der Waals surface area contributed by atoms with E-state index in [-0.39, 0.29) is 11.7 Å². The summed E-state index contributed by atoms with van der Waals surface area (Å²) in [4.78, 5) is 0. The summed E-state index contributed by atoms with van der Waals surface area (Å²) >= 11 is 2.29. The van der Waals surface area contributed by atoms with Crippen LogP contribution in [-0.4, -0.2) is 24.9 Å². The van der Waals surface area contributed by atoms with Crippen molar-refractivity contribution in [2.24, 2.45) is 11.8 Å². The van der Waals surface area contributed by atoms with Gasteiger partial charge in [-0.2, -0.15) is 0 Å². The lowest BCUT2D eigenvalue weighted by Gasteiger charge is -2.39. The van der Waals surface area contributed by atoms with Crippen LogP contribution >= 0.6 is 22.6 Å².